The zero-order valence-electron chi connectivity index (χ0n) is 19.5. The second-order valence-electron chi connectivity index (χ2n) is 8.71. The molecule has 7 heteroatoms. The van der Waals surface area contributed by atoms with Crippen LogP contribution in [0.2, 0.25) is 0 Å². The van der Waals surface area contributed by atoms with Gasteiger partial charge in [0.2, 0.25) is 0 Å². The van der Waals surface area contributed by atoms with Gasteiger partial charge >= 0.3 is 12.1 Å². The molecule has 1 atom stereocenters. The summed E-state index contributed by atoms with van der Waals surface area (Å²) in [7, 11) is 3.95. The molecule has 29 heavy (non-hydrogen) atoms. The Kier molecular flexibility index (Phi) is 9.27. The lowest BCUT2D eigenvalue weighted by Gasteiger charge is -2.34. The van der Waals surface area contributed by atoms with Crippen molar-refractivity contribution in [2.24, 2.45) is 5.92 Å². The van der Waals surface area contributed by atoms with Crippen LogP contribution in [0.5, 0.6) is 0 Å². The van der Waals surface area contributed by atoms with Gasteiger partial charge in [0.1, 0.15) is 0 Å². The normalized spacial score (nSPS) is 12.1. The molecular weight excluding hydrogens is 366 g/mol. The van der Waals surface area contributed by atoms with Gasteiger partial charge in [-0.15, -0.1) is 0 Å². The second kappa shape index (κ2) is 10.9. The minimum atomic E-state index is -0.242. The van der Waals surface area contributed by atoms with Crippen LogP contribution in [-0.4, -0.2) is 49.2 Å². The van der Waals surface area contributed by atoms with E-state index in [1.165, 1.54) is 0 Å². The first kappa shape index (κ1) is 24.6. The van der Waals surface area contributed by atoms with Crippen LogP contribution in [0.4, 0.5) is 21.0 Å². The van der Waals surface area contributed by atoms with E-state index >= 15 is 0 Å². The van der Waals surface area contributed by atoms with Gasteiger partial charge in [-0.05, 0) is 64.3 Å². The fourth-order valence-electron chi connectivity index (χ4n) is 2.93. The standard InChI is InChI=1S/C22H39N5O2/c1-14(2)17(7)27(22(29)24-16(5)6)13-18-12-19(10-11-20(18)26(8)9)25-21(28)23-15(3)4/h10-12,14-17H,13H2,1-9H3,(H,24,29)(H2,23,25,28)/t17-/m0/s1. The molecular formula is C22H39N5O2. The summed E-state index contributed by atoms with van der Waals surface area (Å²) in [6.07, 6.45) is 0. The highest BCUT2D eigenvalue weighted by molar-refractivity contribution is 5.90. The summed E-state index contributed by atoms with van der Waals surface area (Å²) in [5, 5.41) is 8.72. The number of amides is 4. The van der Waals surface area contributed by atoms with Crippen molar-refractivity contribution in [3.8, 4) is 0 Å². The number of carbonyl (C=O) groups excluding carboxylic acids is 2. The quantitative estimate of drug-likeness (QED) is 0.605. The highest BCUT2D eigenvalue weighted by atomic mass is 16.2. The van der Waals surface area contributed by atoms with Crippen LogP contribution >= 0.6 is 0 Å². The average molecular weight is 406 g/mol. The number of urea groups is 2. The van der Waals surface area contributed by atoms with Gasteiger partial charge in [0.25, 0.3) is 0 Å². The molecule has 164 valence electrons. The minimum absolute atomic E-state index is 0.0534. The molecule has 0 saturated carbocycles. The molecule has 0 aliphatic carbocycles. The third-order valence-electron chi connectivity index (χ3n) is 4.71. The zero-order valence-corrected chi connectivity index (χ0v) is 19.5. The number of nitrogens with zero attached hydrogens (tertiary/aromatic N) is 2. The van der Waals surface area contributed by atoms with E-state index in [2.05, 4.69) is 36.7 Å². The molecule has 1 rings (SSSR count). The van der Waals surface area contributed by atoms with Crippen LogP contribution < -0.4 is 20.9 Å². The Morgan fingerprint density at radius 1 is 0.931 bits per heavy atom. The Hall–Kier alpha value is -2.44. The highest BCUT2D eigenvalue weighted by Gasteiger charge is 2.24. The smallest absolute Gasteiger partial charge is 0.319 e. The van der Waals surface area contributed by atoms with E-state index in [-0.39, 0.29) is 30.2 Å². The maximum atomic E-state index is 12.9. The molecule has 1 aromatic carbocycles. The molecule has 0 saturated heterocycles. The van der Waals surface area contributed by atoms with Crippen molar-refractivity contribution < 1.29 is 9.59 Å². The monoisotopic (exact) mass is 405 g/mol. The van der Waals surface area contributed by atoms with Crippen LogP contribution in [0.15, 0.2) is 18.2 Å². The summed E-state index contributed by atoms with van der Waals surface area (Å²) >= 11 is 0. The Bertz CT molecular complexity index is 686. The summed E-state index contributed by atoms with van der Waals surface area (Å²) in [6, 6.07) is 5.64. The molecule has 4 amide bonds. The van der Waals surface area contributed by atoms with Crippen molar-refractivity contribution in [1.82, 2.24) is 15.5 Å². The summed E-state index contributed by atoms with van der Waals surface area (Å²) < 4.78 is 0. The first-order chi connectivity index (χ1) is 13.4. The van der Waals surface area contributed by atoms with Crippen molar-refractivity contribution in [3.63, 3.8) is 0 Å². The van der Waals surface area contributed by atoms with Gasteiger partial charge in [-0.3, -0.25) is 0 Å². The highest BCUT2D eigenvalue weighted by Crippen LogP contribution is 2.26. The maximum absolute atomic E-state index is 12.9. The molecule has 7 nitrogen and oxygen atoms in total. The molecule has 0 aliphatic heterocycles. The van der Waals surface area contributed by atoms with Gasteiger partial charge in [0.05, 0.1) is 0 Å². The fraction of sp³-hybridized carbons (Fsp3) is 0.636. The van der Waals surface area contributed by atoms with Crippen LogP contribution in [0.1, 0.15) is 54.0 Å². The summed E-state index contributed by atoms with van der Waals surface area (Å²) in [6.45, 7) is 14.5. The van der Waals surface area contributed by atoms with Crippen molar-refractivity contribution >= 4 is 23.4 Å². The molecule has 0 aliphatic rings. The Balaban J connectivity index is 3.22. The number of nitrogens with one attached hydrogen (secondary N) is 3. The Morgan fingerprint density at radius 2 is 1.52 bits per heavy atom. The number of benzene rings is 1. The van der Waals surface area contributed by atoms with Crippen LogP contribution in [0, 0.1) is 5.92 Å². The lowest BCUT2D eigenvalue weighted by molar-refractivity contribution is 0.155. The van der Waals surface area contributed by atoms with Gasteiger partial charge in [0.15, 0.2) is 0 Å². The van der Waals surface area contributed by atoms with Gasteiger partial charge in [-0.2, -0.15) is 0 Å². The van der Waals surface area contributed by atoms with E-state index in [0.29, 0.717) is 18.2 Å². The number of hydrogen-bond donors (Lipinski definition) is 3. The zero-order chi connectivity index (χ0) is 22.3. The molecule has 0 fully saturated rings. The van der Waals surface area contributed by atoms with Crippen LogP contribution in [0.3, 0.4) is 0 Å². The first-order valence-corrected chi connectivity index (χ1v) is 10.4. The molecule has 0 radical (unpaired) electrons. The molecule has 3 N–H and O–H groups in total. The molecule has 1 aromatic rings. The first-order valence-electron chi connectivity index (χ1n) is 10.4. The third-order valence-corrected chi connectivity index (χ3v) is 4.71. The number of anilines is 2. The molecule has 0 aromatic heterocycles. The summed E-state index contributed by atoms with van der Waals surface area (Å²) in [4.78, 5) is 28.9. The fourth-order valence-corrected chi connectivity index (χ4v) is 2.93. The summed E-state index contributed by atoms with van der Waals surface area (Å²) in [5.41, 5.74) is 2.69. The predicted octanol–water partition coefficient (Wildman–Crippen LogP) is 4.25. The van der Waals surface area contributed by atoms with Gasteiger partial charge < -0.3 is 25.8 Å². The van der Waals surface area contributed by atoms with E-state index in [0.717, 1.165) is 11.3 Å². The van der Waals surface area contributed by atoms with Gasteiger partial charge in [-0.1, -0.05) is 13.8 Å². The molecule has 0 bridgehead atoms. The van der Waals surface area contributed by atoms with E-state index in [1.54, 1.807) is 0 Å². The largest absolute Gasteiger partial charge is 0.377 e. The lowest BCUT2D eigenvalue weighted by atomic mass is 10.0. The molecule has 0 spiro atoms. The lowest BCUT2D eigenvalue weighted by Crippen LogP contribution is -2.48. The minimum Gasteiger partial charge on any atom is -0.377 e. The van der Waals surface area contributed by atoms with Gasteiger partial charge in [-0.25, -0.2) is 9.59 Å². The molecule has 0 unspecified atom stereocenters. The molecule has 0 heterocycles. The number of rotatable bonds is 8. The van der Waals surface area contributed by atoms with E-state index < -0.39 is 0 Å². The number of carbonyl (C=O) groups is 2. The second-order valence-corrected chi connectivity index (χ2v) is 8.71. The average Bonchev–Trinajstić information content (AvgIpc) is 2.57. The predicted molar refractivity (Wildman–Crippen MR) is 122 cm³/mol. The topological polar surface area (TPSA) is 76.7 Å². The number of hydrogen-bond acceptors (Lipinski definition) is 3. The SMILES string of the molecule is CC(C)NC(=O)Nc1ccc(N(C)C)c(CN(C(=O)NC(C)C)[C@@H](C)C(C)C)c1. The van der Waals surface area contributed by atoms with Crippen LogP contribution in [0.25, 0.3) is 0 Å². The Labute approximate surface area is 176 Å². The Morgan fingerprint density at radius 3 is 2.00 bits per heavy atom. The maximum Gasteiger partial charge on any atom is 0.319 e. The van der Waals surface area contributed by atoms with Gasteiger partial charge in [0, 0.05) is 50.1 Å². The summed E-state index contributed by atoms with van der Waals surface area (Å²) in [5.74, 6) is 0.314. The van der Waals surface area contributed by atoms with Crippen LogP contribution in [-0.2, 0) is 6.54 Å². The van der Waals surface area contributed by atoms with Crippen molar-refractivity contribution in [3.05, 3.63) is 23.8 Å². The van der Waals surface area contributed by atoms with E-state index in [9.17, 15) is 9.59 Å². The third kappa shape index (κ3) is 7.83. The van der Waals surface area contributed by atoms with E-state index in [1.807, 2.05) is 69.8 Å². The van der Waals surface area contributed by atoms with E-state index in [4.69, 9.17) is 0 Å². The van der Waals surface area contributed by atoms with Crippen molar-refractivity contribution in [2.75, 3.05) is 24.3 Å². The van der Waals surface area contributed by atoms with Crippen molar-refractivity contribution in [2.45, 2.75) is 73.1 Å². The van der Waals surface area contributed by atoms with Crippen molar-refractivity contribution in [1.29, 1.82) is 0 Å².